The minimum Gasteiger partial charge on any atom is -0.491 e. The maximum Gasteiger partial charge on any atom is 0.416 e. The van der Waals surface area contributed by atoms with Gasteiger partial charge in [-0.1, -0.05) is 70.4 Å². The molecule has 0 radical (unpaired) electrons. The zero-order valence-electron chi connectivity index (χ0n) is 24.4. The molecule has 0 unspecified atom stereocenters. The fourth-order valence-corrected chi connectivity index (χ4v) is 6.71. The van der Waals surface area contributed by atoms with Gasteiger partial charge in [-0.3, -0.25) is 4.79 Å². The van der Waals surface area contributed by atoms with Crippen molar-refractivity contribution in [2.24, 2.45) is 17.3 Å². The lowest BCUT2D eigenvalue weighted by Gasteiger charge is -2.36. The summed E-state index contributed by atoms with van der Waals surface area (Å²) in [6, 6.07) is 10.0. The number of rotatable bonds is 9. The maximum atomic E-state index is 14.2. The third kappa shape index (κ3) is 6.92. The van der Waals surface area contributed by atoms with Gasteiger partial charge in [0.2, 0.25) is 5.91 Å². The van der Waals surface area contributed by atoms with Crippen molar-refractivity contribution in [3.8, 4) is 5.75 Å². The molecule has 2 fully saturated rings. The monoisotopic (exact) mass is 590 g/mol. The molecule has 1 heterocycles. The van der Waals surface area contributed by atoms with Gasteiger partial charge >= 0.3 is 12.1 Å². The molecule has 230 valence electrons. The lowest BCUT2D eigenvalue weighted by Crippen LogP contribution is -2.49. The summed E-state index contributed by atoms with van der Waals surface area (Å²) in [6.07, 6.45) is -0.298. The fraction of sp³-hybridized carbons (Fsp3) is 0.562. The number of ether oxygens (including phenoxy) is 1. The molecule has 7 nitrogen and oxygen atoms in total. The number of alkyl halides is 3. The van der Waals surface area contributed by atoms with Crippen molar-refractivity contribution in [1.82, 2.24) is 10.2 Å². The number of aliphatic hydroxyl groups is 1. The van der Waals surface area contributed by atoms with Crippen LogP contribution < -0.4 is 10.1 Å². The minimum absolute atomic E-state index is 0.0664. The number of nitrogens with one attached hydrogen (secondary N) is 1. The molecule has 3 N–H and O–H groups in total. The van der Waals surface area contributed by atoms with Gasteiger partial charge in [0, 0.05) is 30.0 Å². The number of hydrogen-bond acceptors (Lipinski definition) is 5. The lowest BCUT2D eigenvalue weighted by atomic mass is 9.72. The summed E-state index contributed by atoms with van der Waals surface area (Å²) in [5, 5.41) is 23.3. The molecule has 4 atom stereocenters. The van der Waals surface area contributed by atoms with Crippen LogP contribution in [0.4, 0.5) is 13.2 Å². The summed E-state index contributed by atoms with van der Waals surface area (Å²) in [7, 11) is 0. The van der Waals surface area contributed by atoms with Crippen molar-refractivity contribution in [2.75, 3.05) is 13.2 Å². The van der Waals surface area contributed by atoms with Crippen molar-refractivity contribution >= 4 is 11.9 Å². The summed E-state index contributed by atoms with van der Waals surface area (Å²) < 4.78 is 46.5. The van der Waals surface area contributed by atoms with E-state index in [0.29, 0.717) is 12.8 Å². The number of carbonyl (C=O) groups is 2. The zero-order chi connectivity index (χ0) is 30.7. The molecule has 1 amide bonds. The largest absolute Gasteiger partial charge is 0.491 e. The van der Waals surface area contributed by atoms with Crippen molar-refractivity contribution < 1.29 is 37.7 Å². The van der Waals surface area contributed by atoms with E-state index in [9.17, 15) is 33.0 Å². The normalized spacial score (nSPS) is 23.6. The number of hydrogen-bond donors (Lipinski definition) is 3. The number of carbonyl (C=O) groups excluding carboxylic acids is 1. The average Bonchev–Trinajstić information content (AvgIpc) is 3.31. The van der Waals surface area contributed by atoms with Crippen LogP contribution in [-0.4, -0.2) is 52.3 Å². The summed E-state index contributed by atoms with van der Waals surface area (Å²) >= 11 is 0. The van der Waals surface area contributed by atoms with Crippen LogP contribution in [0, 0.1) is 17.3 Å². The summed E-state index contributed by atoms with van der Waals surface area (Å²) in [6.45, 7) is 5.32. The quantitative estimate of drug-likeness (QED) is 0.341. The summed E-state index contributed by atoms with van der Waals surface area (Å²) in [5.41, 5.74) is -0.439. The van der Waals surface area contributed by atoms with E-state index in [4.69, 9.17) is 4.74 Å². The van der Waals surface area contributed by atoms with E-state index in [1.807, 2.05) is 51.1 Å². The van der Waals surface area contributed by atoms with Gasteiger partial charge in [0.1, 0.15) is 18.4 Å². The van der Waals surface area contributed by atoms with Crippen LogP contribution in [0.25, 0.3) is 0 Å². The van der Waals surface area contributed by atoms with E-state index >= 15 is 0 Å². The molecular weight excluding hydrogens is 549 g/mol. The topological polar surface area (TPSA) is 99.1 Å². The van der Waals surface area contributed by atoms with E-state index in [1.165, 1.54) is 6.07 Å². The Morgan fingerprint density at radius 2 is 1.69 bits per heavy atom. The van der Waals surface area contributed by atoms with Gasteiger partial charge < -0.3 is 25.2 Å². The second kappa shape index (κ2) is 13.0. The van der Waals surface area contributed by atoms with Gasteiger partial charge in [0.25, 0.3) is 0 Å². The Hall–Kier alpha value is -3.11. The van der Waals surface area contributed by atoms with Crippen molar-refractivity contribution in [2.45, 2.75) is 83.7 Å². The molecule has 0 spiro atoms. The van der Waals surface area contributed by atoms with E-state index < -0.39 is 47.2 Å². The number of nitrogens with zero attached hydrogens (tertiary/aromatic N) is 1. The SMILES string of the molecule is CC(C)(C)[C@@H]1[C@@H](NCc2cc(C(F)(F)F)ccc2OCCO)[C@@H](c2ccccc2)N(C(=O)C2CCCCC2)[C@H]1C(=O)O. The highest BCUT2D eigenvalue weighted by atomic mass is 19.4. The van der Waals surface area contributed by atoms with Gasteiger partial charge in [-0.05, 0) is 42.0 Å². The first-order valence-corrected chi connectivity index (χ1v) is 14.6. The second-order valence-corrected chi connectivity index (χ2v) is 12.4. The Balaban J connectivity index is 1.80. The Kier molecular flexibility index (Phi) is 9.88. The van der Waals surface area contributed by atoms with Gasteiger partial charge in [0.15, 0.2) is 0 Å². The van der Waals surface area contributed by atoms with Gasteiger partial charge in [-0.25, -0.2) is 4.79 Å². The summed E-state index contributed by atoms with van der Waals surface area (Å²) in [5.74, 6) is -1.93. The Bertz CT molecular complexity index is 1220. The highest BCUT2D eigenvalue weighted by Crippen LogP contribution is 2.49. The standard InChI is InChI=1S/C32H41F3N2O5/c1-31(2,3)25-26(36-19-22-18-23(32(33,34)35)14-15-24(22)42-17-16-38)27(20-10-6-4-7-11-20)37(28(25)30(40)41)29(39)21-12-8-5-9-13-21/h4,6-7,10-11,14-15,18,21,25-28,36,38H,5,8-9,12-13,16-17,19H2,1-3H3,(H,40,41)/t25-,26-,27-,28-/m1/s1. The highest BCUT2D eigenvalue weighted by Gasteiger charge is 2.58. The van der Waals surface area contributed by atoms with Crippen molar-refractivity contribution in [3.05, 3.63) is 65.2 Å². The first kappa shape index (κ1) is 31.8. The van der Waals surface area contributed by atoms with Gasteiger partial charge in [-0.2, -0.15) is 13.2 Å². The smallest absolute Gasteiger partial charge is 0.416 e. The average molecular weight is 591 g/mol. The Morgan fingerprint density at radius 3 is 2.26 bits per heavy atom. The van der Waals surface area contributed by atoms with Crippen LogP contribution in [0.5, 0.6) is 5.75 Å². The first-order valence-electron chi connectivity index (χ1n) is 14.6. The number of halogens is 3. The van der Waals surface area contributed by atoms with E-state index in [2.05, 4.69) is 5.32 Å². The molecule has 2 aromatic rings. The molecule has 2 aromatic carbocycles. The van der Waals surface area contributed by atoms with Crippen LogP contribution in [-0.2, 0) is 22.3 Å². The third-order valence-corrected chi connectivity index (χ3v) is 8.53. The Labute approximate surface area is 245 Å². The van der Waals surface area contributed by atoms with E-state index in [-0.39, 0.29) is 42.9 Å². The lowest BCUT2D eigenvalue weighted by molar-refractivity contribution is -0.154. The Morgan fingerprint density at radius 1 is 1.02 bits per heavy atom. The van der Waals surface area contributed by atoms with Crippen LogP contribution in [0.15, 0.2) is 48.5 Å². The number of likely N-dealkylation sites (tertiary alicyclic amines) is 1. The number of carboxylic acids is 1. The number of benzene rings is 2. The number of aliphatic carboxylic acids is 1. The molecule has 1 saturated heterocycles. The number of aliphatic hydroxyl groups excluding tert-OH is 1. The molecule has 10 heteroatoms. The van der Waals surface area contributed by atoms with Crippen molar-refractivity contribution in [1.29, 1.82) is 0 Å². The van der Waals surface area contributed by atoms with Gasteiger partial charge in [0.05, 0.1) is 18.2 Å². The van der Waals surface area contributed by atoms with E-state index in [0.717, 1.165) is 37.0 Å². The van der Waals surface area contributed by atoms with Crippen molar-refractivity contribution in [3.63, 3.8) is 0 Å². The fourth-order valence-electron chi connectivity index (χ4n) is 6.71. The van der Waals surface area contributed by atoms with Crippen LogP contribution in [0.3, 0.4) is 0 Å². The zero-order valence-corrected chi connectivity index (χ0v) is 24.4. The van der Waals surface area contributed by atoms with Crippen LogP contribution in [0.1, 0.15) is 75.6 Å². The highest BCUT2D eigenvalue weighted by molar-refractivity contribution is 5.87. The molecule has 1 saturated carbocycles. The molecule has 42 heavy (non-hydrogen) atoms. The van der Waals surface area contributed by atoms with Gasteiger partial charge in [-0.15, -0.1) is 0 Å². The molecule has 0 bridgehead atoms. The summed E-state index contributed by atoms with van der Waals surface area (Å²) in [4.78, 5) is 28.7. The predicted molar refractivity (Wildman–Crippen MR) is 152 cm³/mol. The second-order valence-electron chi connectivity index (χ2n) is 12.4. The third-order valence-electron chi connectivity index (χ3n) is 8.53. The molecule has 0 aromatic heterocycles. The molecular formula is C32H41F3N2O5. The molecule has 4 rings (SSSR count). The minimum atomic E-state index is -4.57. The van der Waals surface area contributed by atoms with Crippen LogP contribution >= 0.6 is 0 Å². The maximum absolute atomic E-state index is 14.2. The first-order chi connectivity index (χ1) is 19.8. The number of amides is 1. The molecule has 1 aliphatic heterocycles. The predicted octanol–water partition coefficient (Wildman–Crippen LogP) is 5.81. The number of carboxylic acid groups (broad SMARTS) is 1. The van der Waals surface area contributed by atoms with E-state index in [1.54, 1.807) is 4.90 Å². The van der Waals surface area contributed by atoms with Crippen LogP contribution in [0.2, 0.25) is 0 Å². The molecule has 2 aliphatic rings. The molecule has 1 aliphatic carbocycles.